The van der Waals surface area contributed by atoms with Gasteiger partial charge < -0.3 is 9.30 Å². The number of anilines is 1. The van der Waals surface area contributed by atoms with E-state index in [1.807, 2.05) is 17.7 Å². The van der Waals surface area contributed by atoms with Gasteiger partial charge in [-0.1, -0.05) is 0 Å². The fourth-order valence-corrected chi connectivity index (χ4v) is 3.55. The number of hydrogen-bond acceptors (Lipinski definition) is 4. The smallest absolute Gasteiger partial charge is 0.264 e. The van der Waals surface area contributed by atoms with Crippen LogP contribution in [0.4, 0.5) is 5.69 Å². The molecule has 0 unspecified atom stereocenters. The molecule has 23 heavy (non-hydrogen) atoms. The van der Waals surface area contributed by atoms with Crippen molar-refractivity contribution in [2.45, 2.75) is 4.90 Å². The van der Waals surface area contributed by atoms with Crippen LogP contribution < -0.4 is 9.04 Å². The first kappa shape index (κ1) is 15.4. The van der Waals surface area contributed by atoms with Gasteiger partial charge >= 0.3 is 0 Å². The molecule has 0 aliphatic carbocycles. The average molecular weight is 331 g/mol. The Balaban J connectivity index is 1.99. The first-order valence-electron chi connectivity index (χ1n) is 6.97. The van der Waals surface area contributed by atoms with Gasteiger partial charge in [-0.15, -0.1) is 0 Å². The second kappa shape index (κ2) is 5.58. The summed E-state index contributed by atoms with van der Waals surface area (Å²) in [6, 6.07) is 11.7. The number of sulfonamides is 1. The lowest BCUT2D eigenvalue weighted by molar-refractivity contribution is 0.414. The zero-order valence-corrected chi connectivity index (χ0v) is 13.9. The molecule has 1 aromatic heterocycles. The molecule has 120 valence electrons. The first-order valence-corrected chi connectivity index (χ1v) is 8.41. The second-order valence-corrected chi connectivity index (χ2v) is 7.15. The average Bonchev–Trinajstić information content (AvgIpc) is 2.94. The minimum absolute atomic E-state index is 0.210. The fraction of sp³-hybridized carbons (Fsp3) is 0.188. The highest BCUT2D eigenvalue weighted by Gasteiger charge is 2.21. The minimum Gasteiger partial charge on any atom is -0.497 e. The molecule has 3 aromatic rings. The van der Waals surface area contributed by atoms with E-state index in [1.54, 1.807) is 30.6 Å². The van der Waals surface area contributed by atoms with Crippen LogP contribution in [-0.4, -0.2) is 32.1 Å². The van der Waals surface area contributed by atoms with Crippen molar-refractivity contribution in [3.8, 4) is 5.75 Å². The Bertz CT molecular complexity index is 946. The third-order valence-corrected chi connectivity index (χ3v) is 5.59. The summed E-state index contributed by atoms with van der Waals surface area (Å²) in [7, 11) is 1.33. The standard InChI is InChI=1S/C16H17N3O3S/c1-18-11-17-15-10-12(4-9-16(15)18)19(2)23(20,21)14-7-5-13(22-3)6-8-14/h4-11H,1-3H3. The molecule has 0 aliphatic heterocycles. The van der Waals surface area contributed by atoms with Crippen LogP contribution in [0.5, 0.6) is 5.75 Å². The third kappa shape index (κ3) is 2.63. The molecule has 2 aromatic carbocycles. The number of ether oxygens (including phenoxy) is 1. The lowest BCUT2D eigenvalue weighted by Crippen LogP contribution is -2.26. The van der Waals surface area contributed by atoms with E-state index in [0.29, 0.717) is 11.4 Å². The van der Waals surface area contributed by atoms with Gasteiger partial charge in [0.25, 0.3) is 10.0 Å². The van der Waals surface area contributed by atoms with E-state index in [0.717, 1.165) is 11.0 Å². The van der Waals surface area contributed by atoms with Crippen LogP contribution in [0.2, 0.25) is 0 Å². The van der Waals surface area contributed by atoms with E-state index in [2.05, 4.69) is 4.98 Å². The van der Waals surface area contributed by atoms with E-state index in [9.17, 15) is 8.42 Å². The van der Waals surface area contributed by atoms with Crippen molar-refractivity contribution in [2.24, 2.45) is 7.05 Å². The second-order valence-electron chi connectivity index (χ2n) is 5.18. The number of benzene rings is 2. The molecule has 0 N–H and O–H groups in total. The van der Waals surface area contributed by atoms with Gasteiger partial charge in [0.05, 0.1) is 35.1 Å². The number of aryl methyl sites for hydroxylation is 1. The Hall–Kier alpha value is -2.54. The summed E-state index contributed by atoms with van der Waals surface area (Å²) in [5.74, 6) is 0.613. The zero-order chi connectivity index (χ0) is 16.6. The van der Waals surface area contributed by atoms with Crippen LogP contribution in [0, 0.1) is 0 Å². The summed E-state index contributed by atoms with van der Waals surface area (Å²) in [5.41, 5.74) is 2.26. The van der Waals surface area contributed by atoms with Crippen LogP contribution >= 0.6 is 0 Å². The molecule has 0 saturated heterocycles. The predicted molar refractivity (Wildman–Crippen MR) is 89.3 cm³/mol. The fourth-order valence-electron chi connectivity index (χ4n) is 2.36. The summed E-state index contributed by atoms with van der Waals surface area (Å²) in [5, 5.41) is 0. The highest BCUT2D eigenvalue weighted by Crippen LogP contribution is 2.26. The Morgan fingerprint density at radius 2 is 1.83 bits per heavy atom. The molecule has 0 fully saturated rings. The van der Waals surface area contributed by atoms with E-state index in [-0.39, 0.29) is 4.90 Å². The summed E-state index contributed by atoms with van der Waals surface area (Å²) in [6.45, 7) is 0. The maximum Gasteiger partial charge on any atom is 0.264 e. The topological polar surface area (TPSA) is 64.4 Å². The highest BCUT2D eigenvalue weighted by molar-refractivity contribution is 7.92. The maximum atomic E-state index is 12.7. The van der Waals surface area contributed by atoms with Gasteiger partial charge in [-0.2, -0.15) is 0 Å². The Labute approximate surface area is 135 Å². The maximum absolute atomic E-state index is 12.7. The third-order valence-electron chi connectivity index (χ3n) is 3.79. The zero-order valence-electron chi connectivity index (χ0n) is 13.1. The number of fused-ring (bicyclic) bond motifs is 1. The minimum atomic E-state index is -3.64. The predicted octanol–water partition coefficient (Wildman–Crippen LogP) is 2.41. The lowest BCUT2D eigenvalue weighted by atomic mass is 10.3. The van der Waals surface area contributed by atoms with Gasteiger partial charge in [-0.05, 0) is 42.5 Å². The van der Waals surface area contributed by atoms with Crippen molar-refractivity contribution in [1.29, 1.82) is 0 Å². The largest absolute Gasteiger partial charge is 0.497 e. The summed E-state index contributed by atoms with van der Waals surface area (Å²) >= 11 is 0. The number of hydrogen-bond donors (Lipinski definition) is 0. The molecule has 7 heteroatoms. The number of rotatable bonds is 4. The van der Waals surface area contributed by atoms with Crippen molar-refractivity contribution in [3.05, 3.63) is 48.8 Å². The summed E-state index contributed by atoms with van der Waals surface area (Å²) in [4.78, 5) is 4.47. The molecule has 1 heterocycles. The molecule has 0 spiro atoms. The molecule has 3 rings (SSSR count). The summed E-state index contributed by atoms with van der Waals surface area (Å²) in [6.07, 6.45) is 1.70. The van der Waals surface area contributed by atoms with Crippen molar-refractivity contribution < 1.29 is 13.2 Å². The SMILES string of the molecule is COc1ccc(S(=O)(=O)N(C)c2ccc3c(c2)ncn3C)cc1. The molecule has 0 atom stereocenters. The quantitative estimate of drug-likeness (QED) is 0.736. The number of imidazole rings is 1. The van der Waals surface area contributed by atoms with Gasteiger partial charge in [0.1, 0.15) is 5.75 Å². The molecular weight excluding hydrogens is 314 g/mol. The van der Waals surface area contributed by atoms with E-state index < -0.39 is 10.0 Å². The van der Waals surface area contributed by atoms with Crippen molar-refractivity contribution in [1.82, 2.24) is 9.55 Å². The van der Waals surface area contributed by atoms with Crippen molar-refractivity contribution in [3.63, 3.8) is 0 Å². The highest BCUT2D eigenvalue weighted by atomic mass is 32.2. The Kier molecular flexibility index (Phi) is 3.73. The van der Waals surface area contributed by atoms with Crippen molar-refractivity contribution >= 4 is 26.7 Å². The van der Waals surface area contributed by atoms with Crippen LogP contribution in [-0.2, 0) is 17.1 Å². The van der Waals surface area contributed by atoms with Crippen LogP contribution in [0.3, 0.4) is 0 Å². The first-order chi connectivity index (χ1) is 10.9. The van der Waals surface area contributed by atoms with Gasteiger partial charge in [-0.25, -0.2) is 13.4 Å². The van der Waals surface area contributed by atoms with Crippen molar-refractivity contribution in [2.75, 3.05) is 18.5 Å². The number of methoxy groups -OCH3 is 1. The Morgan fingerprint density at radius 3 is 2.48 bits per heavy atom. The van der Waals surface area contributed by atoms with Gasteiger partial charge in [0.2, 0.25) is 0 Å². The van der Waals surface area contributed by atoms with Crippen LogP contribution in [0.25, 0.3) is 11.0 Å². The van der Waals surface area contributed by atoms with Crippen LogP contribution in [0.15, 0.2) is 53.7 Å². The summed E-state index contributed by atoms with van der Waals surface area (Å²) < 4.78 is 33.7. The van der Waals surface area contributed by atoms with E-state index in [4.69, 9.17) is 4.74 Å². The van der Waals surface area contributed by atoms with E-state index in [1.165, 1.54) is 30.6 Å². The normalized spacial score (nSPS) is 11.6. The molecule has 6 nitrogen and oxygen atoms in total. The van der Waals surface area contributed by atoms with E-state index >= 15 is 0 Å². The number of nitrogens with zero attached hydrogens (tertiary/aromatic N) is 3. The monoisotopic (exact) mass is 331 g/mol. The van der Waals surface area contributed by atoms with Gasteiger partial charge in [0.15, 0.2) is 0 Å². The molecule has 0 bridgehead atoms. The molecule has 0 amide bonds. The Morgan fingerprint density at radius 1 is 1.13 bits per heavy atom. The molecule has 0 radical (unpaired) electrons. The number of aromatic nitrogens is 2. The lowest BCUT2D eigenvalue weighted by Gasteiger charge is -2.19. The molecule has 0 aliphatic rings. The van der Waals surface area contributed by atoms with Gasteiger partial charge in [0, 0.05) is 14.1 Å². The van der Waals surface area contributed by atoms with Gasteiger partial charge in [-0.3, -0.25) is 4.31 Å². The van der Waals surface area contributed by atoms with Crippen LogP contribution in [0.1, 0.15) is 0 Å². The molecular formula is C16H17N3O3S. The molecule has 0 saturated carbocycles.